The predicted octanol–water partition coefficient (Wildman–Crippen LogP) is 3.85. The van der Waals surface area contributed by atoms with Crippen molar-refractivity contribution >= 4 is 11.2 Å². The Morgan fingerprint density at radius 1 is 0.946 bits per heavy atom. The molecular weight excluding hydrogens is 468 g/mol. The lowest BCUT2D eigenvalue weighted by Crippen LogP contribution is -2.35. The molecule has 1 saturated carbocycles. The van der Waals surface area contributed by atoms with Crippen molar-refractivity contribution in [2.45, 2.75) is 58.0 Å². The fraction of sp³-hybridized carbons (Fsp3) is 0.333. The van der Waals surface area contributed by atoms with Crippen molar-refractivity contribution in [3.8, 4) is 22.5 Å². The molecule has 3 heterocycles. The van der Waals surface area contributed by atoms with Crippen molar-refractivity contribution in [3.05, 3.63) is 80.8 Å². The van der Waals surface area contributed by atoms with Gasteiger partial charge in [0.2, 0.25) is 0 Å². The third kappa shape index (κ3) is 4.18. The van der Waals surface area contributed by atoms with E-state index < -0.39 is 5.69 Å². The first-order valence-corrected chi connectivity index (χ1v) is 12.8. The summed E-state index contributed by atoms with van der Waals surface area (Å²) in [6, 6.07) is 16.3. The van der Waals surface area contributed by atoms with Crippen molar-refractivity contribution < 1.29 is 0 Å². The number of hydrogen-bond acceptors (Lipinski definition) is 6. The Balaban J connectivity index is 1.41. The summed E-state index contributed by atoms with van der Waals surface area (Å²) in [7, 11) is 0. The Hall–Kier alpha value is -4.34. The minimum Gasteiger partial charge on any atom is -0.317 e. The molecule has 1 aliphatic rings. The van der Waals surface area contributed by atoms with Gasteiger partial charge in [-0.2, -0.15) is 0 Å². The molecule has 2 N–H and O–H groups in total. The van der Waals surface area contributed by atoms with E-state index in [0.717, 1.165) is 53.8 Å². The highest BCUT2D eigenvalue weighted by Gasteiger charge is 2.25. The minimum atomic E-state index is -0.412. The fourth-order valence-electron chi connectivity index (χ4n) is 5.47. The number of rotatable bonds is 6. The Kier molecular flexibility index (Phi) is 5.99. The van der Waals surface area contributed by atoms with Crippen LogP contribution in [0.2, 0.25) is 0 Å². The van der Waals surface area contributed by atoms with Gasteiger partial charge >= 0.3 is 5.69 Å². The van der Waals surface area contributed by atoms with Crippen LogP contribution >= 0.6 is 0 Å². The van der Waals surface area contributed by atoms with E-state index in [-0.39, 0.29) is 11.5 Å². The summed E-state index contributed by atoms with van der Waals surface area (Å²) in [5, 5.41) is 14.3. The topological polar surface area (TPSA) is 127 Å². The zero-order valence-corrected chi connectivity index (χ0v) is 20.6. The number of tetrazole rings is 1. The second kappa shape index (κ2) is 9.61. The number of hydrogen-bond donors (Lipinski definition) is 2. The number of nitrogens with one attached hydrogen (secondary N) is 2. The quantitative estimate of drug-likeness (QED) is 0.368. The zero-order chi connectivity index (χ0) is 25.4. The minimum absolute atomic E-state index is 0.279. The number of imidazole rings is 1. The Morgan fingerprint density at radius 3 is 2.41 bits per heavy atom. The van der Waals surface area contributed by atoms with Crippen LogP contribution in [0.5, 0.6) is 0 Å². The van der Waals surface area contributed by atoms with Gasteiger partial charge in [0.15, 0.2) is 17.0 Å². The van der Waals surface area contributed by atoms with Crippen LogP contribution in [-0.2, 0) is 13.1 Å². The van der Waals surface area contributed by atoms with Crippen LogP contribution in [0.15, 0.2) is 58.1 Å². The average molecular weight is 497 g/mol. The molecule has 188 valence electrons. The van der Waals surface area contributed by atoms with E-state index in [9.17, 15) is 9.59 Å². The summed E-state index contributed by atoms with van der Waals surface area (Å²) in [5.41, 5.74) is 4.17. The molecule has 10 heteroatoms. The van der Waals surface area contributed by atoms with Gasteiger partial charge in [-0.3, -0.25) is 14.3 Å². The first-order valence-electron chi connectivity index (χ1n) is 12.8. The van der Waals surface area contributed by atoms with Crippen LogP contribution in [0, 0.1) is 0 Å². The average Bonchev–Trinajstić information content (AvgIpc) is 3.59. The molecule has 37 heavy (non-hydrogen) atoms. The number of aromatic nitrogens is 8. The largest absolute Gasteiger partial charge is 0.330 e. The number of benzene rings is 2. The second-order valence-electron chi connectivity index (χ2n) is 9.56. The Bertz CT molecular complexity index is 1660. The highest BCUT2D eigenvalue weighted by Crippen LogP contribution is 2.34. The van der Waals surface area contributed by atoms with Crippen LogP contribution < -0.4 is 11.2 Å². The molecule has 0 bridgehead atoms. The molecule has 0 atom stereocenters. The lowest BCUT2D eigenvalue weighted by Gasteiger charge is -2.22. The Morgan fingerprint density at radius 2 is 1.70 bits per heavy atom. The van der Waals surface area contributed by atoms with E-state index in [0.29, 0.717) is 30.1 Å². The van der Waals surface area contributed by atoms with Crippen molar-refractivity contribution in [2.24, 2.45) is 0 Å². The Labute approximate surface area is 212 Å². The van der Waals surface area contributed by atoms with Crippen LogP contribution in [0.4, 0.5) is 0 Å². The number of H-pyrrole nitrogens is 2. The van der Waals surface area contributed by atoms with Crippen LogP contribution in [-0.4, -0.2) is 39.7 Å². The third-order valence-corrected chi connectivity index (χ3v) is 7.34. The zero-order valence-electron chi connectivity index (χ0n) is 20.6. The van der Waals surface area contributed by atoms with E-state index in [2.05, 4.69) is 49.9 Å². The van der Waals surface area contributed by atoms with E-state index in [4.69, 9.17) is 4.98 Å². The standard InChI is InChI=1S/C27H28N8O2/c1-2-34-26(36)22-24(29-27(34)37)28-25(19-8-4-3-5-9-19)35(22)16-17-12-14-18(15-13-17)20-10-6-7-11-21(20)23-30-32-33-31-23/h6-7,10-15,19H,2-5,8-9,16H2,1H3,(H,29,37)(H,30,31,32,33). The summed E-state index contributed by atoms with van der Waals surface area (Å²) >= 11 is 0. The highest BCUT2D eigenvalue weighted by molar-refractivity contribution is 5.80. The molecule has 2 aromatic carbocycles. The molecule has 10 nitrogen and oxygen atoms in total. The molecule has 0 saturated heterocycles. The molecule has 0 amide bonds. The van der Waals surface area contributed by atoms with Crippen molar-refractivity contribution in [3.63, 3.8) is 0 Å². The van der Waals surface area contributed by atoms with Crippen LogP contribution in [0.3, 0.4) is 0 Å². The summed E-state index contributed by atoms with van der Waals surface area (Å²) in [5.74, 6) is 1.78. The fourth-order valence-corrected chi connectivity index (χ4v) is 5.47. The van der Waals surface area contributed by atoms with Gasteiger partial charge in [0.1, 0.15) is 5.82 Å². The van der Waals surface area contributed by atoms with Gasteiger partial charge in [-0.25, -0.2) is 14.9 Å². The van der Waals surface area contributed by atoms with Crippen molar-refractivity contribution in [2.75, 3.05) is 0 Å². The molecule has 1 aliphatic carbocycles. The maximum absolute atomic E-state index is 13.3. The van der Waals surface area contributed by atoms with Crippen molar-refractivity contribution in [1.29, 1.82) is 0 Å². The van der Waals surface area contributed by atoms with E-state index in [1.54, 1.807) is 6.92 Å². The molecule has 0 spiro atoms. The first-order chi connectivity index (χ1) is 18.1. The SMILES string of the molecule is CCn1c(=O)[nH]c2nc(C3CCCCC3)n(Cc3ccc(-c4ccccc4-c4nnn[nH]4)cc3)c2c1=O. The van der Waals surface area contributed by atoms with Gasteiger partial charge in [-0.15, -0.1) is 5.10 Å². The number of fused-ring (bicyclic) bond motifs is 1. The van der Waals surface area contributed by atoms with Gasteiger partial charge in [0, 0.05) is 24.6 Å². The van der Waals surface area contributed by atoms with Gasteiger partial charge in [0.05, 0.1) is 0 Å². The third-order valence-electron chi connectivity index (χ3n) is 7.34. The molecule has 5 aromatic rings. The predicted molar refractivity (Wildman–Crippen MR) is 140 cm³/mol. The van der Waals surface area contributed by atoms with Crippen LogP contribution in [0.1, 0.15) is 56.3 Å². The summed E-state index contributed by atoms with van der Waals surface area (Å²) in [6.45, 7) is 2.61. The van der Waals surface area contributed by atoms with Crippen molar-refractivity contribution in [1.82, 2.24) is 39.7 Å². The molecule has 0 aliphatic heterocycles. The highest BCUT2D eigenvalue weighted by atomic mass is 16.2. The van der Waals surface area contributed by atoms with Gasteiger partial charge in [0.25, 0.3) is 5.56 Å². The van der Waals surface area contributed by atoms with Crippen LogP contribution in [0.25, 0.3) is 33.7 Å². The molecule has 1 fully saturated rings. The lowest BCUT2D eigenvalue weighted by atomic mass is 9.88. The smallest absolute Gasteiger partial charge is 0.317 e. The second-order valence-corrected chi connectivity index (χ2v) is 9.56. The van der Waals surface area contributed by atoms with Gasteiger partial charge in [-0.05, 0) is 46.9 Å². The maximum Gasteiger partial charge on any atom is 0.330 e. The first kappa shape index (κ1) is 23.1. The number of aromatic amines is 2. The van der Waals surface area contributed by atoms with Gasteiger partial charge < -0.3 is 4.57 Å². The molecule has 0 radical (unpaired) electrons. The molecule has 3 aromatic heterocycles. The summed E-state index contributed by atoms with van der Waals surface area (Å²) in [4.78, 5) is 33.5. The number of nitrogens with zero attached hydrogens (tertiary/aromatic N) is 6. The van der Waals surface area contributed by atoms with E-state index in [1.807, 2.05) is 28.8 Å². The van der Waals surface area contributed by atoms with Gasteiger partial charge in [-0.1, -0.05) is 67.8 Å². The van der Waals surface area contributed by atoms with E-state index >= 15 is 0 Å². The summed E-state index contributed by atoms with van der Waals surface area (Å²) < 4.78 is 3.27. The maximum atomic E-state index is 13.3. The monoisotopic (exact) mass is 496 g/mol. The normalized spacial score (nSPS) is 14.4. The molecule has 0 unspecified atom stereocenters. The lowest BCUT2D eigenvalue weighted by molar-refractivity contribution is 0.420. The molecule has 6 rings (SSSR count). The van der Waals surface area contributed by atoms with E-state index in [1.165, 1.54) is 11.0 Å². The molecular formula is C27H28N8O2. The summed E-state index contributed by atoms with van der Waals surface area (Å²) in [6.07, 6.45) is 5.61.